The quantitative estimate of drug-likeness (QED) is 0.673. The van der Waals surface area contributed by atoms with Crippen LogP contribution in [0.2, 0.25) is 0 Å². The Morgan fingerprint density at radius 1 is 1.11 bits per heavy atom. The number of carbonyl (C=O) groups is 1. The summed E-state index contributed by atoms with van der Waals surface area (Å²) >= 11 is 0. The maximum Gasteiger partial charge on any atom is 0.256 e. The van der Waals surface area contributed by atoms with Crippen LogP contribution in [0, 0.1) is 5.82 Å². The van der Waals surface area contributed by atoms with Crippen molar-refractivity contribution in [3.8, 4) is 11.6 Å². The van der Waals surface area contributed by atoms with Crippen molar-refractivity contribution in [1.82, 2.24) is 15.2 Å². The highest BCUT2D eigenvalue weighted by molar-refractivity contribution is 5.96. The molecule has 1 heterocycles. The number of hydrogen-bond donors (Lipinski definition) is 1. The van der Waals surface area contributed by atoms with Gasteiger partial charge in [0.15, 0.2) is 0 Å². The number of nitrogens with zero attached hydrogens (tertiary/aromatic N) is 2. The van der Waals surface area contributed by atoms with Crippen LogP contribution in [0.1, 0.15) is 22.0 Å². The molecule has 0 radical (unpaired) electrons. The lowest BCUT2D eigenvalue weighted by molar-refractivity contribution is 0.0939. The number of likely N-dealkylation sites (N-methyl/N-ethyl adjacent to an activating group) is 1. The Hall–Kier alpha value is -3.25. The van der Waals surface area contributed by atoms with Crippen molar-refractivity contribution in [3.63, 3.8) is 0 Å². The molecule has 28 heavy (non-hydrogen) atoms. The molecule has 144 valence electrons. The number of rotatable bonds is 7. The largest absolute Gasteiger partial charge is 0.438 e. The number of carbonyl (C=O) groups excluding carboxylic acids is 1. The topological polar surface area (TPSA) is 54.5 Å². The monoisotopic (exact) mass is 379 g/mol. The summed E-state index contributed by atoms with van der Waals surface area (Å²) in [5.74, 6) is 0.225. The van der Waals surface area contributed by atoms with Gasteiger partial charge >= 0.3 is 0 Å². The molecule has 0 bridgehead atoms. The van der Waals surface area contributed by atoms with Gasteiger partial charge in [-0.2, -0.15) is 0 Å². The number of benzene rings is 2. The van der Waals surface area contributed by atoms with Gasteiger partial charge in [-0.15, -0.1) is 0 Å². The van der Waals surface area contributed by atoms with Gasteiger partial charge in [0.1, 0.15) is 17.1 Å². The van der Waals surface area contributed by atoms with Crippen LogP contribution in [-0.2, 0) is 0 Å². The fraction of sp³-hybridized carbons (Fsp3) is 0.182. The van der Waals surface area contributed by atoms with Crippen molar-refractivity contribution in [2.45, 2.75) is 6.04 Å². The first-order valence-electron chi connectivity index (χ1n) is 8.92. The van der Waals surface area contributed by atoms with Gasteiger partial charge in [-0.25, -0.2) is 9.37 Å². The molecule has 0 saturated carbocycles. The summed E-state index contributed by atoms with van der Waals surface area (Å²) in [4.78, 5) is 18.9. The zero-order valence-corrected chi connectivity index (χ0v) is 15.8. The van der Waals surface area contributed by atoms with Crippen LogP contribution >= 0.6 is 0 Å². The first-order chi connectivity index (χ1) is 13.5. The van der Waals surface area contributed by atoms with Gasteiger partial charge in [-0.3, -0.25) is 4.79 Å². The maximum absolute atomic E-state index is 13.6. The van der Waals surface area contributed by atoms with Crippen LogP contribution in [0.15, 0.2) is 72.9 Å². The molecule has 0 saturated heterocycles. The molecule has 3 aromatic rings. The molecule has 0 aliphatic rings. The van der Waals surface area contributed by atoms with Gasteiger partial charge in [0.25, 0.3) is 5.91 Å². The third-order valence-corrected chi connectivity index (χ3v) is 4.29. The molecule has 0 aliphatic heterocycles. The first kappa shape index (κ1) is 19.5. The van der Waals surface area contributed by atoms with E-state index in [9.17, 15) is 9.18 Å². The lowest BCUT2D eigenvalue weighted by atomic mass is 10.1. The highest BCUT2D eigenvalue weighted by atomic mass is 19.1. The third kappa shape index (κ3) is 4.92. The predicted octanol–water partition coefficient (Wildman–Crippen LogP) is 4.05. The van der Waals surface area contributed by atoms with Crippen LogP contribution in [0.5, 0.6) is 11.6 Å². The van der Waals surface area contributed by atoms with Crippen LogP contribution in [0.4, 0.5) is 4.39 Å². The Morgan fingerprint density at radius 2 is 1.89 bits per heavy atom. The highest BCUT2D eigenvalue weighted by Crippen LogP contribution is 2.23. The number of hydrogen-bond acceptors (Lipinski definition) is 4. The number of nitrogens with one attached hydrogen (secondary N) is 1. The van der Waals surface area contributed by atoms with E-state index in [0.717, 1.165) is 5.56 Å². The van der Waals surface area contributed by atoms with Crippen molar-refractivity contribution in [3.05, 3.63) is 89.9 Å². The summed E-state index contributed by atoms with van der Waals surface area (Å²) in [5.41, 5.74) is 1.13. The number of halogens is 1. The minimum atomic E-state index is -0.304. The van der Waals surface area contributed by atoms with Crippen molar-refractivity contribution in [2.75, 3.05) is 20.6 Å². The van der Waals surface area contributed by atoms with Crippen molar-refractivity contribution < 1.29 is 13.9 Å². The standard InChI is InChI=1S/C22H22FN3O2/c1-26(2)20(16-8-6-9-17(23)14-16)15-25-21(27)19-12-7-13-24-22(19)28-18-10-4-3-5-11-18/h3-14,20H,15H2,1-2H3,(H,25,27). The second-order valence-corrected chi connectivity index (χ2v) is 6.52. The molecule has 1 amide bonds. The van der Waals surface area contributed by atoms with Crippen molar-refractivity contribution in [2.24, 2.45) is 0 Å². The molecule has 1 N–H and O–H groups in total. The van der Waals surface area contributed by atoms with E-state index in [4.69, 9.17) is 4.74 Å². The Bertz CT molecular complexity index is 932. The second kappa shape index (κ2) is 9.10. The Labute approximate surface area is 163 Å². The minimum absolute atomic E-state index is 0.171. The highest BCUT2D eigenvalue weighted by Gasteiger charge is 2.19. The van der Waals surface area contributed by atoms with E-state index in [1.54, 1.807) is 36.5 Å². The normalized spacial score (nSPS) is 11.9. The van der Waals surface area contributed by atoms with Crippen LogP contribution in [-0.4, -0.2) is 36.4 Å². The van der Waals surface area contributed by atoms with Crippen LogP contribution in [0.25, 0.3) is 0 Å². The van der Waals surface area contributed by atoms with E-state index < -0.39 is 0 Å². The van der Waals surface area contributed by atoms with E-state index in [0.29, 0.717) is 17.9 Å². The van der Waals surface area contributed by atoms with Crippen LogP contribution < -0.4 is 10.1 Å². The predicted molar refractivity (Wildman–Crippen MR) is 106 cm³/mol. The SMILES string of the molecule is CN(C)C(CNC(=O)c1cccnc1Oc1ccccc1)c1cccc(F)c1. The molecular weight excluding hydrogens is 357 g/mol. The Balaban J connectivity index is 1.74. The number of amides is 1. The fourth-order valence-electron chi connectivity index (χ4n) is 2.84. The molecule has 2 aromatic carbocycles. The van der Waals surface area contributed by atoms with E-state index in [2.05, 4.69) is 10.3 Å². The molecule has 0 fully saturated rings. The van der Waals surface area contributed by atoms with Crippen molar-refractivity contribution in [1.29, 1.82) is 0 Å². The van der Waals surface area contributed by atoms with Gasteiger partial charge in [0.2, 0.25) is 5.88 Å². The Morgan fingerprint density at radius 3 is 2.61 bits per heavy atom. The first-order valence-corrected chi connectivity index (χ1v) is 8.92. The zero-order chi connectivity index (χ0) is 19.9. The van der Waals surface area contributed by atoms with E-state index in [1.807, 2.05) is 43.3 Å². The van der Waals surface area contributed by atoms with E-state index >= 15 is 0 Å². The summed E-state index contributed by atoms with van der Waals surface area (Å²) in [6.45, 7) is 0.314. The molecule has 1 aromatic heterocycles. The van der Waals surface area contributed by atoms with E-state index in [-0.39, 0.29) is 23.6 Å². The number of para-hydroxylation sites is 1. The van der Waals surface area contributed by atoms with Gasteiger partial charge in [-0.05, 0) is 56.1 Å². The van der Waals surface area contributed by atoms with Gasteiger partial charge < -0.3 is 15.0 Å². The number of pyridine rings is 1. The van der Waals surface area contributed by atoms with Crippen molar-refractivity contribution >= 4 is 5.91 Å². The summed E-state index contributed by atoms with van der Waals surface area (Å²) < 4.78 is 19.3. The second-order valence-electron chi connectivity index (χ2n) is 6.52. The summed E-state index contributed by atoms with van der Waals surface area (Å²) in [6.07, 6.45) is 1.57. The van der Waals surface area contributed by atoms with Gasteiger partial charge in [-0.1, -0.05) is 30.3 Å². The van der Waals surface area contributed by atoms with Crippen LogP contribution in [0.3, 0.4) is 0 Å². The third-order valence-electron chi connectivity index (χ3n) is 4.29. The Kier molecular flexibility index (Phi) is 6.34. The fourth-order valence-corrected chi connectivity index (χ4v) is 2.84. The average molecular weight is 379 g/mol. The summed E-state index contributed by atoms with van der Waals surface area (Å²) in [7, 11) is 3.77. The molecule has 1 atom stereocenters. The maximum atomic E-state index is 13.6. The molecular formula is C22H22FN3O2. The summed E-state index contributed by atoms with van der Waals surface area (Å²) in [5, 5.41) is 2.90. The van der Waals surface area contributed by atoms with E-state index in [1.165, 1.54) is 12.1 Å². The lowest BCUT2D eigenvalue weighted by Crippen LogP contribution is -2.34. The minimum Gasteiger partial charge on any atom is -0.438 e. The molecule has 3 rings (SSSR count). The van der Waals surface area contributed by atoms with Gasteiger partial charge in [0, 0.05) is 12.7 Å². The molecule has 0 aliphatic carbocycles. The van der Waals surface area contributed by atoms with Gasteiger partial charge in [0.05, 0.1) is 6.04 Å². The lowest BCUT2D eigenvalue weighted by Gasteiger charge is -2.25. The zero-order valence-electron chi connectivity index (χ0n) is 15.8. The summed E-state index contributed by atoms with van der Waals surface area (Å²) in [6, 6.07) is 18.7. The number of aromatic nitrogens is 1. The number of ether oxygens (including phenoxy) is 1. The molecule has 6 heteroatoms. The molecule has 1 unspecified atom stereocenters. The molecule has 0 spiro atoms. The smallest absolute Gasteiger partial charge is 0.256 e. The average Bonchev–Trinajstić information content (AvgIpc) is 2.69. The molecule has 5 nitrogen and oxygen atoms in total.